The first-order valence-electron chi connectivity index (χ1n) is 7.00. The molecule has 1 N–H and O–H groups in total. The number of rotatable bonds is 8. The molecule has 108 valence electrons. The van der Waals surface area contributed by atoms with Gasteiger partial charge in [0.15, 0.2) is 5.82 Å². The second-order valence-corrected chi connectivity index (χ2v) is 4.69. The summed E-state index contributed by atoms with van der Waals surface area (Å²) >= 11 is 0. The molecule has 0 fully saturated rings. The van der Waals surface area contributed by atoms with Gasteiger partial charge in [-0.15, -0.1) is 0 Å². The van der Waals surface area contributed by atoms with E-state index in [1.54, 1.807) is 0 Å². The number of hydrogen-bond acceptors (Lipinski definition) is 5. The van der Waals surface area contributed by atoms with Gasteiger partial charge in [0.25, 0.3) is 0 Å². The van der Waals surface area contributed by atoms with Crippen LogP contribution in [0.5, 0.6) is 0 Å². The van der Waals surface area contributed by atoms with E-state index in [0.29, 0.717) is 24.8 Å². The number of hydrogen-bond donors (Lipinski definition) is 1. The molecular formula is C15H21N3O2. The van der Waals surface area contributed by atoms with Crippen molar-refractivity contribution < 1.29 is 9.63 Å². The Balaban J connectivity index is 1.89. The minimum absolute atomic E-state index is 0.132. The average Bonchev–Trinajstić information content (AvgIpc) is 2.94. The summed E-state index contributed by atoms with van der Waals surface area (Å²) < 4.78 is 5.11. The van der Waals surface area contributed by atoms with Crippen molar-refractivity contribution in [1.29, 1.82) is 0 Å². The highest BCUT2D eigenvalue weighted by Crippen LogP contribution is 2.05. The van der Waals surface area contributed by atoms with Gasteiger partial charge in [0.05, 0.1) is 13.2 Å². The first-order chi connectivity index (χ1) is 9.81. The van der Waals surface area contributed by atoms with Crippen molar-refractivity contribution in [1.82, 2.24) is 15.0 Å². The zero-order valence-electron chi connectivity index (χ0n) is 11.8. The molecule has 5 nitrogen and oxygen atoms in total. The first-order valence-corrected chi connectivity index (χ1v) is 7.00. The molecule has 0 spiro atoms. The number of aliphatic hydroxyl groups is 1. The normalized spacial score (nSPS) is 11.2. The summed E-state index contributed by atoms with van der Waals surface area (Å²) in [6, 6.07) is 10.3. The van der Waals surface area contributed by atoms with Gasteiger partial charge < -0.3 is 9.63 Å². The SMILES string of the molecule is CCc1nc(CN(CCO)CCc2ccccc2)no1. The van der Waals surface area contributed by atoms with Crippen molar-refractivity contribution in [2.75, 3.05) is 19.7 Å². The highest BCUT2D eigenvalue weighted by Gasteiger charge is 2.10. The van der Waals surface area contributed by atoms with Gasteiger partial charge in [0, 0.05) is 19.5 Å². The molecular weight excluding hydrogens is 254 g/mol. The highest BCUT2D eigenvalue weighted by atomic mass is 16.5. The van der Waals surface area contributed by atoms with Crippen LogP contribution in [-0.4, -0.2) is 39.8 Å². The minimum Gasteiger partial charge on any atom is -0.395 e. The van der Waals surface area contributed by atoms with Gasteiger partial charge >= 0.3 is 0 Å². The Labute approximate surface area is 119 Å². The van der Waals surface area contributed by atoms with Crippen molar-refractivity contribution in [3.63, 3.8) is 0 Å². The van der Waals surface area contributed by atoms with E-state index in [1.165, 1.54) is 5.56 Å². The van der Waals surface area contributed by atoms with E-state index < -0.39 is 0 Å². The number of benzene rings is 1. The molecule has 20 heavy (non-hydrogen) atoms. The number of nitrogens with zero attached hydrogens (tertiary/aromatic N) is 3. The monoisotopic (exact) mass is 275 g/mol. The predicted molar refractivity (Wildman–Crippen MR) is 76.2 cm³/mol. The van der Waals surface area contributed by atoms with E-state index in [4.69, 9.17) is 9.63 Å². The third kappa shape index (κ3) is 4.43. The standard InChI is InChI=1S/C15H21N3O2/c1-2-15-16-14(17-20-15)12-18(10-11-19)9-8-13-6-4-3-5-7-13/h3-7,19H,2,8-12H2,1H3. The van der Waals surface area contributed by atoms with Crippen LogP contribution in [0.15, 0.2) is 34.9 Å². The maximum atomic E-state index is 9.16. The summed E-state index contributed by atoms with van der Waals surface area (Å²) in [6.07, 6.45) is 1.69. The second kappa shape index (κ2) is 7.77. The lowest BCUT2D eigenvalue weighted by Crippen LogP contribution is -2.29. The Morgan fingerprint density at radius 3 is 2.65 bits per heavy atom. The molecule has 2 aromatic rings. The van der Waals surface area contributed by atoms with Gasteiger partial charge in [0.1, 0.15) is 0 Å². The molecule has 0 amide bonds. The molecule has 0 saturated carbocycles. The van der Waals surface area contributed by atoms with Crippen molar-refractivity contribution in [3.05, 3.63) is 47.6 Å². The fourth-order valence-electron chi connectivity index (χ4n) is 2.04. The Morgan fingerprint density at radius 1 is 1.20 bits per heavy atom. The lowest BCUT2D eigenvalue weighted by molar-refractivity contribution is 0.187. The van der Waals surface area contributed by atoms with Crippen LogP contribution in [0.2, 0.25) is 0 Å². The number of aryl methyl sites for hydroxylation is 1. The minimum atomic E-state index is 0.132. The Bertz CT molecular complexity index is 499. The summed E-state index contributed by atoms with van der Waals surface area (Å²) in [5.41, 5.74) is 1.29. The molecule has 0 aliphatic rings. The number of aliphatic hydroxyl groups excluding tert-OH is 1. The fraction of sp³-hybridized carbons (Fsp3) is 0.467. The van der Waals surface area contributed by atoms with E-state index in [-0.39, 0.29) is 6.61 Å². The van der Waals surface area contributed by atoms with E-state index in [0.717, 1.165) is 19.4 Å². The molecule has 1 aromatic carbocycles. The zero-order chi connectivity index (χ0) is 14.2. The third-order valence-corrected chi connectivity index (χ3v) is 3.15. The van der Waals surface area contributed by atoms with E-state index >= 15 is 0 Å². The van der Waals surface area contributed by atoms with Crippen LogP contribution in [0, 0.1) is 0 Å². The quantitative estimate of drug-likeness (QED) is 0.794. The molecule has 0 atom stereocenters. The molecule has 0 bridgehead atoms. The molecule has 0 aliphatic heterocycles. The molecule has 1 aromatic heterocycles. The van der Waals surface area contributed by atoms with Gasteiger partial charge in [-0.3, -0.25) is 4.90 Å². The van der Waals surface area contributed by atoms with E-state index in [9.17, 15) is 0 Å². The summed E-state index contributed by atoms with van der Waals surface area (Å²) in [4.78, 5) is 6.44. The van der Waals surface area contributed by atoms with Crippen molar-refractivity contribution >= 4 is 0 Å². The van der Waals surface area contributed by atoms with Crippen LogP contribution in [-0.2, 0) is 19.4 Å². The molecule has 2 rings (SSSR count). The van der Waals surface area contributed by atoms with Gasteiger partial charge in [-0.1, -0.05) is 42.4 Å². The summed E-state index contributed by atoms with van der Waals surface area (Å²) in [5, 5.41) is 13.1. The summed E-state index contributed by atoms with van der Waals surface area (Å²) in [7, 11) is 0. The second-order valence-electron chi connectivity index (χ2n) is 4.69. The predicted octanol–water partition coefficient (Wildman–Crippen LogP) is 1.67. The Morgan fingerprint density at radius 2 is 2.00 bits per heavy atom. The zero-order valence-corrected chi connectivity index (χ0v) is 11.8. The first kappa shape index (κ1) is 14.7. The fourth-order valence-corrected chi connectivity index (χ4v) is 2.04. The van der Waals surface area contributed by atoms with Crippen LogP contribution >= 0.6 is 0 Å². The van der Waals surface area contributed by atoms with Crippen molar-refractivity contribution in [2.45, 2.75) is 26.3 Å². The summed E-state index contributed by atoms with van der Waals surface area (Å²) in [5.74, 6) is 1.34. The van der Waals surface area contributed by atoms with E-state index in [2.05, 4.69) is 27.2 Å². The lowest BCUT2D eigenvalue weighted by atomic mass is 10.1. The van der Waals surface area contributed by atoms with Crippen LogP contribution in [0.3, 0.4) is 0 Å². The van der Waals surface area contributed by atoms with Crippen LogP contribution in [0.4, 0.5) is 0 Å². The van der Waals surface area contributed by atoms with Gasteiger partial charge in [0.2, 0.25) is 5.89 Å². The van der Waals surface area contributed by atoms with Crippen LogP contribution < -0.4 is 0 Å². The number of aromatic nitrogens is 2. The maximum Gasteiger partial charge on any atom is 0.226 e. The smallest absolute Gasteiger partial charge is 0.226 e. The summed E-state index contributed by atoms with van der Waals surface area (Å²) in [6.45, 7) is 4.20. The third-order valence-electron chi connectivity index (χ3n) is 3.15. The molecule has 0 saturated heterocycles. The van der Waals surface area contributed by atoms with Gasteiger partial charge in [-0.2, -0.15) is 4.98 Å². The van der Waals surface area contributed by atoms with Gasteiger partial charge in [-0.25, -0.2) is 0 Å². The molecule has 1 heterocycles. The molecule has 0 unspecified atom stereocenters. The Hall–Kier alpha value is -1.72. The van der Waals surface area contributed by atoms with E-state index in [1.807, 2.05) is 25.1 Å². The van der Waals surface area contributed by atoms with Crippen LogP contribution in [0.1, 0.15) is 24.2 Å². The molecule has 0 radical (unpaired) electrons. The highest BCUT2D eigenvalue weighted by molar-refractivity contribution is 5.14. The topological polar surface area (TPSA) is 62.4 Å². The molecule has 5 heteroatoms. The average molecular weight is 275 g/mol. The van der Waals surface area contributed by atoms with Crippen LogP contribution in [0.25, 0.3) is 0 Å². The molecule has 0 aliphatic carbocycles. The van der Waals surface area contributed by atoms with Crippen molar-refractivity contribution in [3.8, 4) is 0 Å². The maximum absolute atomic E-state index is 9.16. The largest absolute Gasteiger partial charge is 0.395 e. The van der Waals surface area contributed by atoms with Gasteiger partial charge in [-0.05, 0) is 12.0 Å². The Kier molecular flexibility index (Phi) is 5.70. The lowest BCUT2D eigenvalue weighted by Gasteiger charge is -2.19. The van der Waals surface area contributed by atoms with Crippen molar-refractivity contribution in [2.24, 2.45) is 0 Å².